The first-order chi connectivity index (χ1) is 9.79. The number of nitrogens with zero attached hydrogens (tertiary/aromatic N) is 1. The van der Waals surface area contributed by atoms with Gasteiger partial charge >= 0.3 is 0 Å². The molecule has 3 nitrogen and oxygen atoms in total. The highest BCUT2D eigenvalue weighted by Crippen LogP contribution is 2.21. The zero-order chi connectivity index (χ0) is 14.2. The molecule has 0 spiro atoms. The molecule has 2 rings (SSSR count). The molecular weight excluding hydrogens is 270 g/mol. The minimum Gasteiger partial charge on any atom is -0.380 e. The maximum Gasteiger partial charge on any atom is 0.232 e. The summed E-state index contributed by atoms with van der Waals surface area (Å²) in [7, 11) is 0. The average molecular weight is 293 g/mol. The monoisotopic (exact) mass is 293 g/mol. The normalized spacial score (nSPS) is 19.4. The number of thioether (sulfide) groups is 1. The van der Waals surface area contributed by atoms with Crippen molar-refractivity contribution >= 4 is 17.7 Å². The lowest BCUT2D eigenvalue weighted by atomic mass is 10.2. The molecule has 0 bridgehead atoms. The Hall–Kier alpha value is -1.000. The molecule has 4 heteroatoms. The van der Waals surface area contributed by atoms with Gasteiger partial charge < -0.3 is 9.64 Å². The van der Waals surface area contributed by atoms with Crippen LogP contribution >= 0.6 is 11.8 Å². The third-order valence-electron chi connectivity index (χ3n) is 3.38. The van der Waals surface area contributed by atoms with E-state index in [4.69, 9.17) is 4.74 Å². The highest BCUT2D eigenvalue weighted by atomic mass is 32.2. The van der Waals surface area contributed by atoms with Gasteiger partial charge in [0.05, 0.1) is 12.4 Å². The second kappa shape index (κ2) is 8.32. The average Bonchev–Trinajstić information content (AvgIpc) is 2.48. The van der Waals surface area contributed by atoms with Crippen molar-refractivity contribution in [2.24, 2.45) is 0 Å². The van der Waals surface area contributed by atoms with Crippen LogP contribution in [0.4, 0.5) is 0 Å². The van der Waals surface area contributed by atoms with Gasteiger partial charge in [0.1, 0.15) is 0 Å². The van der Waals surface area contributed by atoms with Crippen LogP contribution in [0.2, 0.25) is 0 Å². The summed E-state index contributed by atoms with van der Waals surface area (Å²) in [6.07, 6.45) is 2.28. The highest BCUT2D eigenvalue weighted by Gasteiger charge is 2.26. The number of rotatable bonds is 7. The number of hydrogen-bond acceptors (Lipinski definition) is 3. The van der Waals surface area contributed by atoms with Crippen molar-refractivity contribution in [3.8, 4) is 0 Å². The van der Waals surface area contributed by atoms with Crippen LogP contribution in [0.5, 0.6) is 0 Å². The minimum absolute atomic E-state index is 0.240. The molecule has 1 heterocycles. The third-order valence-corrected chi connectivity index (χ3v) is 4.55. The zero-order valence-corrected chi connectivity index (χ0v) is 12.9. The van der Waals surface area contributed by atoms with Crippen molar-refractivity contribution in [3.63, 3.8) is 0 Å². The molecule has 1 saturated heterocycles. The Balaban J connectivity index is 1.80. The van der Waals surface area contributed by atoms with Crippen LogP contribution in [0.3, 0.4) is 0 Å². The lowest BCUT2D eigenvalue weighted by Crippen LogP contribution is -2.43. The Bertz CT molecular complexity index is 410. The zero-order valence-electron chi connectivity index (χ0n) is 12.1. The van der Waals surface area contributed by atoms with Crippen LogP contribution < -0.4 is 0 Å². The Morgan fingerprint density at radius 1 is 1.35 bits per heavy atom. The SMILES string of the molecule is CCCCOCC1CN(Cc2ccccc2)C(=O)CS1. The molecule has 1 amide bonds. The van der Waals surface area contributed by atoms with E-state index < -0.39 is 0 Å². The van der Waals surface area contributed by atoms with Crippen molar-refractivity contribution in [1.29, 1.82) is 0 Å². The lowest BCUT2D eigenvalue weighted by molar-refractivity contribution is -0.129. The molecule has 1 aromatic carbocycles. The van der Waals surface area contributed by atoms with E-state index in [2.05, 4.69) is 19.1 Å². The summed E-state index contributed by atoms with van der Waals surface area (Å²) in [5, 5.41) is 0.410. The topological polar surface area (TPSA) is 29.5 Å². The first-order valence-electron chi connectivity index (χ1n) is 7.30. The quantitative estimate of drug-likeness (QED) is 0.724. The largest absolute Gasteiger partial charge is 0.380 e. The van der Waals surface area contributed by atoms with Crippen molar-refractivity contribution in [1.82, 2.24) is 4.90 Å². The third kappa shape index (κ3) is 4.84. The van der Waals surface area contributed by atoms with Gasteiger partial charge in [-0.3, -0.25) is 4.79 Å². The van der Waals surface area contributed by atoms with E-state index in [1.807, 2.05) is 23.1 Å². The molecule has 1 fully saturated rings. The summed E-state index contributed by atoms with van der Waals surface area (Å²) >= 11 is 1.73. The summed E-state index contributed by atoms with van der Waals surface area (Å²) in [6, 6.07) is 10.2. The second-order valence-corrected chi connectivity index (χ2v) is 6.41. The molecule has 20 heavy (non-hydrogen) atoms. The van der Waals surface area contributed by atoms with Gasteiger partial charge in [0, 0.05) is 24.9 Å². The van der Waals surface area contributed by atoms with Gasteiger partial charge in [0.2, 0.25) is 5.91 Å². The number of ether oxygens (including phenoxy) is 1. The Labute approximate surface area is 125 Å². The van der Waals surface area contributed by atoms with Crippen LogP contribution in [0.15, 0.2) is 30.3 Å². The fourth-order valence-corrected chi connectivity index (χ4v) is 3.24. The van der Waals surface area contributed by atoms with Crippen LogP contribution in [0, 0.1) is 0 Å². The van der Waals surface area contributed by atoms with Gasteiger partial charge in [-0.05, 0) is 12.0 Å². The fourth-order valence-electron chi connectivity index (χ4n) is 2.20. The van der Waals surface area contributed by atoms with Gasteiger partial charge in [-0.25, -0.2) is 0 Å². The molecule has 0 N–H and O–H groups in total. The molecule has 0 aliphatic carbocycles. The molecular formula is C16H23NO2S. The number of amides is 1. The number of benzene rings is 1. The lowest BCUT2D eigenvalue weighted by Gasteiger charge is -2.32. The van der Waals surface area contributed by atoms with Gasteiger partial charge in [-0.2, -0.15) is 0 Å². The number of unbranched alkanes of at least 4 members (excludes halogenated alkanes) is 1. The van der Waals surface area contributed by atoms with E-state index in [1.165, 1.54) is 5.56 Å². The number of carbonyl (C=O) groups excluding carboxylic acids is 1. The van der Waals surface area contributed by atoms with Crippen molar-refractivity contribution in [3.05, 3.63) is 35.9 Å². The molecule has 0 aromatic heterocycles. The molecule has 1 aliphatic heterocycles. The first-order valence-corrected chi connectivity index (χ1v) is 8.35. The van der Waals surface area contributed by atoms with Gasteiger partial charge in [0.15, 0.2) is 0 Å². The van der Waals surface area contributed by atoms with Crippen molar-refractivity contribution in [2.75, 3.05) is 25.5 Å². The van der Waals surface area contributed by atoms with E-state index in [9.17, 15) is 4.79 Å². The van der Waals surface area contributed by atoms with E-state index in [0.29, 0.717) is 17.5 Å². The molecule has 1 atom stereocenters. The number of carbonyl (C=O) groups is 1. The van der Waals surface area contributed by atoms with E-state index in [0.717, 1.165) is 32.6 Å². The predicted octanol–water partition coefficient (Wildman–Crippen LogP) is 2.95. The summed E-state index contributed by atoms with van der Waals surface area (Å²) in [4.78, 5) is 13.9. The van der Waals surface area contributed by atoms with Gasteiger partial charge in [-0.1, -0.05) is 43.7 Å². The smallest absolute Gasteiger partial charge is 0.232 e. The van der Waals surface area contributed by atoms with Crippen molar-refractivity contribution in [2.45, 2.75) is 31.6 Å². The Kier molecular flexibility index (Phi) is 6.40. The Morgan fingerprint density at radius 3 is 2.90 bits per heavy atom. The van der Waals surface area contributed by atoms with Crippen LogP contribution in [0.1, 0.15) is 25.3 Å². The second-order valence-electron chi connectivity index (χ2n) is 5.12. The Morgan fingerprint density at radius 2 is 2.15 bits per heavy atom. The summed E-state index contributed by atoms with van der Waals surface area (Å²) in [5.41, 5.74) is 1.19. The minimum atomic E-state index is 0.240. The van der Waals surface area contributed by atoms with Crippen LogP contribution in [-0.4, -0.2) is 41.6 Å². The van der Waals surface area contributed by atoms with Crippen LogP contribution in [0.25, 0.3) is 0 Å². The van der Waals surface area contributed by atoms with E-state index in [1.54, 1.807) is 11.8 Å². The predicted molar refractivity (Wildman–Crippen MR) is 83.8 cm³/mol. The molecule has 0 saturated carbocycles. The molecule has 1 aromatic rings. The number of hydrogen-bond donors (Lipinski definition) is 0. The molecule has 0 radical (unpaired) electrons. The molecule has 1 unspecified atom stereocenters. The van der Waals surface area contributed by atoms with E-state index >= 15 is 0 Å². The molecule has 1 aliphatic rings. The highest BCUT2D eigenvalue weighted by molar-refractivity contribution is 8.00. The standard InChI is InChI=1S/C16H23NO2S/c1-2-3-9-19-12-15-11-17(16(18)13-20-15)10-14-7-5-4-6-8-14/h4-8,15H,2-3,9-13H2,1H3. The summed E-state index contributed by atoms with van der Waals surface area (Å²) < 4.78 is 5.69. The van der Waals surface area contributed by atoms with Crippen molar-refractivity contribution < 1.29 is 9.53 Å². The van der Waals surface area contributed by atoms with Gasteiger partial charge in [-0.15, -0.1) is 11.8 Å². The van der Waals surface area contributed by atoms with E-state index in [-0.39, 0.29) is 5.91 Å². The summed E-state index contributed by atoms with van der Waals surface area (Å²) in [6.45, 7) is 5.26. The van der Waals surface area contributed by atoms with Gasteiger partial charge in [0.25, 0.3) is 0 Å². The van der Waals surface area contributed by atoms with Crippen LogP contribution in [-0.2, 0) is 16.1 Å². The fraction of sp³-hybridized carbons (Fsp3) is 0.562. The maximum atomic E-state index is 12.0. The summed E-state index contributed by atoms with van der Waals surface area (Å²) in [5.74, 6) is 0.818. The maximum absolute atomic E-state index is 12.0. The molecule has 110 valence electrons. The first kappa shape index (κ1) is 15.4.